The van der Waals surface area contributed by atoms with Crippen molar-refractivity contribution >= 4 is 6.21 Å². The van der Waals surface area contributed by atoms with E-state index in [2.05, 4.69) is 58.6 Å². The van der Waals surface area contributed by atoms with E-state index in [1.807, 2.05) is 36.4 Å². The largest absolute Gasteiger partial charge is 0.411 e. The number of likely N-dealkylation sites (tertiary alicyclic amines) is 1. The zero-order valence-corrected chi connectivity index (χ0v) is 14.9. The molecule has 0 spiro atoms. The minimum absolute atomic E-state index is 0.106. The molecule has 0 aliphatic carbocycles. The van der Waals surface area contributed by atoms with Gasteiger partial charge in [0.25, 0.3) is 0 Å². The normalized spacial score (nSPS) is 16.5. The minimum atomic E-state index is -0.902. The van der Waals surface area contributed by atoms with E-state index in [0.717, 1.165) is 11.1 Å². The maximum atomic E-state index is 11.1. The molecule has 1 aliphatic heterocycles. The second kappa shape index (κ2) is 7.35. The van der Waals surface area contributed by atoms with Gasteiger partial charge in [-0.1, -0.05) is 84.0 Å². The van der Waals surface area contributed by atoms with Crippen LogP contribution in [-0.4, -0.2) is 34.5 Å². The van der Waals surface area contributed by atoms with Crippen molar-refractivity contribution < 1.29 is 10.3 Å². The quantitative estimate of drug-likeness (QED) is 0.414. The first-order chi connectivity index (χ1) is 13.2. The van der Waals surface area contributed by atoms with Crippen molar-refractivity contribution in [2.24, 2.45) is 5.16 Å². The van der Waals surface area contributed by atoms with Gasteiger partial charge in [-0.15, -0.1) is 0 Å². The predicted molar refractivity (Wildman–Crippen MR) is 106 cm³/mol. The number of aliphatic hydroxyl groups is 1. The number of oxime groups is 1. The molecule has 0 radical (unpaired) electrons. The fourth-order valence-electron chi connectivity index (χ4n) is 3.85. The lowest BCUT2D eigenvalue weighted by molar-refractivity contribution is -0.116. The van der Waals surface area contributed by atoms with Gasteiger partial charge in [-0.25, -0.2) is 0 Å². The Labute approximate surface area is 159 Å². The molecule has 1 heterocycles. The minimum Gasteiger partial charge on any atom is -0.411 e. The summed E-state index contributed by atoms with van der Waals surface area (Å²) in [5.41, 5.74) is 3.14. The van der Waals surface area contributed by atoms with Gasteiger partial charge >= 0.3 is 0 Å². The molecule has 0 aromatic heterocycles. The van der Waals surface area contributed by atoms with E-state index in [1.165, 1.54) is 17.3 Å². The van der Waals surface area contributed by atoms with Crippen LogP contribution in [0.25, 0.3) is 0 Å². The van der Waals surface area contributed by atoms with Crippen LogP contribution in [-0.2, 0) is 5.60 Å². The van der Waals surface area contributed by atoms with E-state index in [0.29, 0.717) is 13.1 Å². The van der Waals surface area contributed by atoms with Crippen LogP contribution in [0.5, 0.6) is 0 Å². The molecule has 4 heteroatoms. The molecule has 136 valence electrons. The first-order valence-corrected chi connectivity index (χ1v) is 9.04. The summed E-state index contributed by atoms with van der Waals surface area (Å²) in [5.74, 6) is 0. The highest BCUT2D eigenvalue weighted by Crippen LogP contribution is 2.40. The fourth-order valence-corrected chi connectivity index (χ4v) is 3.85. The number of rotatable bonds is 5. The Morgan fingerprint density at radius 1 is 0.852 bits per heavy atom. The third-order valence-electron chi connectivity index (χ3n) is 5.16. The molecular formula is C23H22N2O2. The van der Waals surface area contributed by atoms with Crippen molar-refractivity contribution in [1.29, 1.82) is 0 Å². The summed E-state index contributed by atoms with van der Waals surface area (Å²) < 4.78 is 0. The first-order valence-electron chi connectivity index (χ1n) is 9.04. The summed E-state index contributed by atoms with van der Waals surface area (Å²) in [6.07, 6.45) is 1.38. The summed E-state index contributed by atoms with van der Waals surface area (Å²) in [5, 5.41) is 23.0. The van der Waals surface area contributed by atoms with Crippen molar-refractivity contribution in [1.82, 2.24) is 4.90 Å². The van der Waals surface area contributed by atoms with Gasteiger partial charge in [0.05, 0.1) is 12.3 Å². The van der Waals surface area contributed by atoms with Crippen molar-refractivity contribution in [2.75, 3.05) is 13.1 Å². The summed E-state index contributed by atoms with van der Waals surface area (Å²) in [7, 11) is 0. The van der Waals surface area contributed by atoms with Crippen LogP contribution in [0.2, 0.25) is 0 Å². The van der Waals surface area contributed by atoms with Crippen molar-refractivity contribution in [3.05, 3.63) is 107 Å². The highest BCUT2D eigenvalue weighted by molar-refractivity contribution is 5.79. The van der Waals surface area contributed by atoms with Gasteiger partial charge in [0.1, 0.15) is 5.60 Å². The van der Waals surface area contributed by atoms with Crippen LogP contribution in [0.3, 0.4) is 0 Å². The maximum absolute atomic E-state index is 11.1. The fraction of sp³-hybridized carbons (Fsp3) is 0.174. The molecule has 1 saturated heterocycles. The van der Waals surface area contributed by atoms with Crippen LogP contribution in [0.1, 0.15) is 28.3 Å². The lowest BCUT2D eigenvalue weighted by Crippen LogP contribution is -2.60. The van der Waals surface area contributed by atoms with E-state index in [-0.39, 0.29) is 6.04 Å². The van der Waals surface area contributed by atoms with Gasteiger partial charge in [-0.2, -0.15) is 0 Å². The topological polar surface area (TPSA) is 56.1 Å². The van der Waals surface area contributed by atoms with E-state index >= 15 is 0 Å². The molecule has 3 aromatic carbocycles. The van der Waals surface area contributed by atoms with Crippen LogP contribution >= 0.6 is 0 Å². The van der Waals surface area contributed by atoms with Gasteiger partial charge in [0.2, 0.25) is 0 Å². The zero-order valence-electron chi connectivity index (χ0n) is 14.9. The number of β-amino-alcohol motifs (C(OH)–C–C–N with tert-alkyl or cyclic N) is 1. The highest BCUT2D eigenvalue weighted by atomic mass is 16.4. The predicted octanol–water partition coefficient (Wildman–Crippen LogP) is 3.79. The van der Waals surface area contributed by atoms with Crippen LogP contribution in [0.15, 0.2) is 90.1 Å². The number of nitrogens with zero attached hydrogens (tertiary/aromatic N) is 2. The number of benzene rings is 3. The van der Waals surface area contributed by atoms with E-state index in [1.54, 1.807) is 0 Å². The van der Waals surface area contributed by atoms with Gasteiger partial charge in [-0.05, 0) is 28.3 Å². The van der Waals surface area contributed by atoms with Crippen molar-refractivity contribution in [2.45, 2.75) is 11.6 Å². The molecule has 1 aliphatic rings. The Bertz CT molecular complexity index is 880. The third kappa shape index (κ3) is 3.50. The second-order valence-electron chi connectivity index (χ2n) is 7.03. The zero-order chi connectivity index (χ0) is 18.7. The standard InChI is InChI=1S/C23H22N2O2/c26-23(21-13-7-8-18(14-21)15-24-27)16-25(17-23)22(19-9-3-1-4-10-19)20-11-5-2-6-12-20/h1-15,22,26-27H,16-17H2/b24-15+. The van der Waals surface area contributed by atoms with Crippen molar-refractivity contribution in [3.8, 4) is 0 Å². The lowest BCUT2D eigenvalue weighted by Gasteiger charge is -2.50. The molecule has 4 nitrogen and oxygen atoms in total. The Hall–Kier alpha value is -2.95. The molecular weight excluding hydrogens is 336 g/mol. The molecule has 27 heavy (non-hydrogen) atoms. The van der Waals surface area contributed by atoms with E-state index < -0.39 is 5.60 Å². The molecule has 3 aromatic rings. The van der Waals surface area contributed by atoms with E-state index in [4.69, 9.17) is 5.21 Å². The Kier molecular flexibility index (Phi) is 4.75. The lowest BCUT2D eigenvalue weighted by atomic mass is 9.82. The second-order valence-corrected chi connectivity index (χ2v) is 7.03. The Morgan fingerprint density at radius 2 is 1.44 bits per heavy atom. The molecule has 0 saturated carbocycles. The molecule has 4 rings (SSSR count). The smallest absolute Gasteiger partial charge is 0.115 e. The molecule has 2 N–H and O–H groups in total. The van der Waals surface area contributed by atoms with E-state index in [9.17, 15) is 5.11 Å². The third-order valence-corrected chi connectivity index (χ3v) is 5.16. The summed E-state index contributed by atoms with van der Waals surface area (Å²) in [4.78, 5) is 2.29. The van der Waals surface area contributed by atoms with Gasteiger partial charge < -0.3 is 10.3 Å². The molecule has 0 atom stereocenters. The summed E-state index contributed by atoms with van der Waals surface area (Å²) in [6.45, 7) is 1.09. The van der Waals surface area contributed by atoms with Gasteiger partial charge in [-0.3, -0.25) is 4.90 Å². The average molecular weight is 358 g/mol. The average Bonchev–Trinajstić information content (AvgIpc) is 2.69. The maximum Gasteiger partial charge on any atom is 0.115 e. The van der Waals surface area contributed by atoms with Crippen LogP contribution in [0, 0.1) is 0 Å². The van der Waals surface area contributed by atoms with Crippen LogP contribution in [0.4, 0.5) is 0 Å². The highest BCUT2D eigenvalue weighted by Gasteiger charge is 2.46. The molecule has 0 amide bonds. The molecule has 1 fully saturated rings. The first kappa shape index (κ1) is 17.5. The van der Waals surface area contributed by atoms with Crippen LogP contribution < -0.4 is 0 Å². The van der Waals surface area contributed by atoms with Crippen molar-refractivity contribution in [3.63, 3.8) is 0 Å². The molecule has 0 unspecified atom stereocenters. The SMILES string of the molecule is O/N=C/c1cccc(C2(O)CN(C(c3ccccc3)c3ccccc3)C2)c1. The monoisotopic (exact) mass is 358 g/mol. The molecule has 0 bridgehead atoms. The summed E-state index contributed by atoms with van der Waals surface area (Å²) >= 11 is 0. The van der Waals surface area contributed by atoms with Gasteiger partial charge in [0, 0.05) is 13.1 Å². The van der Waals surface area contributed by atoms with Gasteiger partial charge in [0.15, 0.2) is 0 Å². The Morgan fingerprint density at radius 3 is 2.00 bits per heavy atom. The summed E-state index contributed by atoms with van der Waals surface area (Å²) in [6, 6.07) is 28.4. The number of hydrogen-bond donors (Lipinski definition) is 2. The number of hydrogen-bond acceptors (Lipinski definition) is 4. The Balaban J connectivity index is 1.61.